The van der Waals surface area contributed by atoms with Gasteiger partial charge in [-0.05, 0) is 99.5 Å². The first kappa shape index (κ1) is 29.3. The molecule has 3 aliphatic carbocycles. The van der Waals surface area contributed by atoms with Crippen molar-refractivity contribution in [3.63, 3.8) is 0 Å². The molecule has 4 amide bonds. The second kappa shape index (κ2) is 11.0. The maximum atomic E-state index is 14.1. The summed E-state index contributed by atoms with van der Waals surface area (Å²) in [6, 6.07) is 4.83. The average molecular weight is 597 g/mol. The summed E-state index contributed by atoms with van der Waals surface area (Å²) in [6.07, 6.45) is 5.90. The number of likely N-dealkylation sites (tertiary alicyclic amines) is 1. The number of rotatable bonds is 10. The first-order chi connectivity index (χ1) is 20.4. The lowest BCUT2D eigenvalue weighted by Crippen LogP contribution is -2.50. The van der Waals surface area contributed by atoms with Crippen molar-refractivity contribution in [2.45, 2.75) is 88.8 Å². The van der Waals surface area contributed by atoms with E-state index in [1.807, 2.05) is 13.8 Å². The number of hydrogen-bond donors (Lipinski definition) is 3. The number of nitrogens with zero attached hydrogens (tertiary/aromatic N) is 3. The molecular weight excluding hydrogens is 558 g/mol. The molecule has 43 heavy (non-hydrogen) atoms. The zero-order chi connectivity index (χ0) is 30.6. The molecule has 1 aromatic heterocycles. The number of aromatic nitrogens is 2. The molecule has 1 aromatic carbocycles. The van der Waals surface area contributed by atoms with Gasteiger partial charge in [0.2, 0.25) is 17.7 Å². The van der Waals surface area contributed by atoms with Crippen LogP contribution in [0.3, 0.4) is 0 Å². The summed E-state index contributed by atoms with van der Waals surface area (Å²) in [5, 5.41) is 10.3. The van der Waals surface area contributed by atoms with Crippen LogP contribution >= 0.6 is 0 Å². The lowest BCUT2D eigenvalue weighted by Gasteiger charge is -2.28. The highest BCUT2D eigenvalue weighted by Crippen LogP contribution is 2.51. The lowest BCUT2D eigenvalue weighted by molar-refractivity contribution is -0.139. The molecular formula is C31H38F2N6O4. The van der Waals surface area contributed by atoms with Gasteiger partial charge in [-0.1, -0.05) is 6.07 Å². The maximum absolute atomic E-state index is 14.1. The fraction of sp³-hybridized carbons (Fsp3) is 0.581. The Labute approximate surface area is 248 Å². The molecule has 10 nitrogen and oxygen atoms in total. The molecule has 0 radical (unpaired) electrons. The van der Waals surface area contributed by atoms with Gasteiger partial charge in [0.05, 0.1) is 12.5 Å². The van der Waals surface area contributed by atoms with Gasteiger partial charge in [0.1, 0.15) is 17.8 Å². The molecule has 1 aliphatic heterocycles. The van der Waals surface area contributed by atoms with Gasteiger partial charge < -0.3 is 21.3 Å². The Kier molecular flexibility index (Phi) is 7.50. The van der Waals surface area contributed by atoms with E-state index in [1.54, 1.807) is 35.1 Å². The molecule has 2 heterocycles. The molecule has 0 bridgehead atoms. The third kappa shape index (κ3) is 5.88. The predicted molar refractivity (Wildman–Crippen MR) is 153 cm³/mol. The van der Waals surface area contributed by atoms with Crippen LogP contribution in [0.5, 0.6) is 0 Å². The lowest BCUT2D eigenvalue weighted by atomic mass is 9.88. The van der Waals surface area contributed by atoms with E-state index < -0.39 is 48.7 Å². The topological polar surface area (TPSA) is 139 Å². The number of anilines is 1. The number of alkyl halides is 2. The molecule has 1 unspecified atom stereocenters. The SMILES string of the molecule is CC(C)n1nccc1C(=O)N[C@H](C(=O)Nc1ccc2c(c1)CCC2C(=O)N1CC(F)(F)C[C@@H]1C(N)=O)C(C1CC1)C1CC1. The first-order valence-electron chi connectivity index (χ1n) is 15.2. The third-order valence-electron chi connectivity index (χ3n) is 9.35. The van der Waals surface area contributed by atoms with Gasteiger partial charge in [-0.25, -0.2) is 8.78 Å². The van der Waals surface area contributed by atoms with Crippen molar-refractivity contribution in [2.24, 2.45) is 23.5 Å². The summed E-state index contributed by atoms with van der Waals surface area (Å²) in [7, 11) is 0. The summed E-state index contributed by atoms with van der Waals surface area (Å²) in [5.74, 6) is -5.08. The fourth-order valence-corrected chi connectivity index (χ4v) is 7.02. The van der Waals surface area contributed by atoms with Crippen LogP contribution in [0.2, 0.25) is 0 Å². The van der Waals surface area contributed by atoms with Crippen molar-refractivity contribution in [3.8, 4) is 0 Å². The van der Waals surface area contributed by atoms with Crippen LogP contribution in [0, 0.1) is 17.8 Å². The van der Waals surface area contributed by atoms with Crippen molar-refractivity contribution in [1.29, 1.82) is 0 Å². The second-order valence-electron chi connectivity index (χ2n) is 12.9. The van der Waals surface area contributed by atoms with Crippen molar-refractivity contribution in [2.75, 3.05) is 11.9 Å². The molecule has 12 heteroatoms. The van der Waals surface area contributed by atoms with Crippen LogP contribution in [0.15, 0.2) is 30.5 Å². The number of primary amides is 1. The number of fused-ring (bicyclic) bond motifs is 1. The monoisotopic (exact) mass is 596 g/mol. The minimum atomic E-state index is -3.16. The van der Waals surface area contributed by atoms with E-state index in [1.165, 1.54) is 0 Å². The van der Waals surface area contributed by atoms with E-state index >= 15 is 0 Å². The van der Waals surface area contributed by atoms with Gasteiger partial charge in [0.15, 0.2) is 0 Å². The number of nitrogens with two attached hydrogens (primary N) is 1. The number of carbonyl (C=O) groups is 4. The summed E-state index contributed by atoms with van der Waals surface area (Å²) in [5.41, 5.74) is 7.81. The van der Waals surface area contributed by atoms with Gasteiger partial charge >= 0.3 is 0 Å². The average Bonchev–Trinajstić information content (AvgIpc) is 3.84. The molecule has 2 saturated carbocycles. The summed E-state index contributed by atoms with van der Waals surface area (Å²) < 4.78 is 29.8. The van der Waals surface area contributed by atoms with Gasteiger partial charge in [-0.2, -0.15) is 5.10 Å². The molecule has 230 valence electrons. The Balaban J connectivity index is 1.19. The van der Waals surface area contributed by atoms with Crippen LogP contribution in [-0.4, -0.2) is 62.9 Å². The zero-order valence-corrected chi connectivity index (χ0v) is 24.4. The summed E-state index contributed by atoms with van der Waals surface area (Å²) >= 11 is 0. The van der Waals surface area contributed by atoms with Crippen LogP contribution in [0.25, 0.3) is 0 Å². The van der Waals surface area contributed by atoms with E-state index in [-0.39, 0.29) is 23.8 Å². The largest absolute Gasteiger partial charge is 0.368 e. The highest BCUT2D eigenvalue weighted by molar-refractivity contribution is 6.01. The number of nitrogens with one attached hydrogen (secondary N) is 2. The van der Waals surface area contributed by atoms with Gasteiger partial charge in [-0.15, -0.1) is 0 Å². The van der Waals surface area contributed by atoms with E-state index in [0.717, 1.165) is 36.1 Å². The van der Waals surface area contributed by atoms with E-state index in [9.17, 15) is 28.0 Å². The third-order valence-corrected chi connectivity index (χ3v) is 9.35. The number of benzene rings is 1. The standard InChI is InChI=1S/C31H38F2N6O4/c1-16(2)39-23(11-12-35-39)28(41)37-26(25(17-3-4-17)18-5-6-18)29(42)36-20-8-10-21-19(13-20)7-9-22(21)30(43)38-15-31(32,33)14-24(38)27(34)40/h8,10-13,16-18,22,24-26H,3-7,9,14-15H2,1-2H3,(H2,34,40)(H,36,42)(H,37,41)/t22?,24-,26+/m1/s1. The Morgan fingerprint density at radius 3 is 2.37 bits per heavy atom. The molecule has 3 fully saturated rings. The Morgan fingerprint density at radius 1 is 1.05 bits per heavy atom. The smallest absolute Gasteiger partial charge is 0.270 e. The highest BCUT2D eigenvalue weighted by Gasteiger charge is 2.51. The minimum absolute atomic E-state index is 0.0172. The first-order valence-corrected chi connectivity index (χ1v) is 15.2. The van der Waals surface area contributed by atoms with Gasteiger partial charge in [-0.3, -0.25) is 23.9 Å². The fourth-order valence-electron chi connectivity index (χ4n) is 7.02. The van der Waals surface area contributed by atoms with Crippen LogP contribution in [-0.2, 0) is 20.8 Å². The Morgan fingerprint density at radius 2 is 1.74 bits per heavy atom. The number of aryl methyl sites for hydroxylation is 1. The van der Waals surface area contributed by atoms with Gasteiger partial charge in [0.25, 0.3) is 11.8 Å². The number of halogens is 2. The van der Waals surface area contributed by atoms with Crippen LogP contribution in [0.4, 0.5) is 14.5 Å². The Hall–Kier alpha value is -3.83. The van der Waals surface area contributed by atoms with E-state index in [4.69, 9.17) is 5.73 Å². The highest BCUT2D eigenvalue weighted by atomic mass is 19.3. The van der Waals surface area contributed by atoms with E-state index in [0.29, 0.717) is 41.6 Å². The summed E-state index contributed by atoms with van der Waals surface area (Å²) in [4.78, 5) is 53.3. The van der Waals surface area contributed by atoms with Crippen molar-refractivity contribution in [3.05, 3.63) is 47.3 Å². The molecule has 2 aromatic rings. The molecule has 6 rings (SSSR count). The van der Waals surface area contributed by atoms with Crippen LogP contribution in [0.1, 0.15) is 85.9 Å². The zero-order valence-electron chi connectivity index (χ0n) is 24.4. The number of amides is 4. The Bertz CT molecular complexity index is 1440. The van der Waals surface area contributed by atoms with Crippen molar-refractivity contribution in [1.82, 2.24) is 20.0 Å². The summed E-state index contributed by atoms with van der Waals surface area (Å²) in [6.45, 7) is 3.05. The molecule has 0 spiro atoms. The maximum Gasteiger partial charge on any atom is 0.270 e. The number of carbonyl (C=O) groups excluding carboxylic acids is 4. The molecule has 4 aliphatic rings. The number of hydrogen-bond acceptors (Lipinski definition) is 5. The molecule has 3 atom stereocenters. The van der Waals surface area contributed by atoms with E-state index in [2.05, 4.69) is 15.7 Å². The van der Waals surface area contributed by atoms with Gasteiger partial charge in [0, 0.05) is 24.3 Å². The van der Waals surface area contributed by atoms with Crippen LogP contribution < -0.4 is 16.4 Å². The van der Waals surface area contributed by atoms with Crippen molar-refractivity contribution < 1.29 is 28.0 Å². The quantitative estimate of drug-likeness (QED) is 0.386. The molecule has 1 saturated heterocycles. The second-order valence-corrected chi connectivity index (χ2v) is 12.9. The van der Waals surface area contributed by atoms with Crippen molar-refractivity contribution >= 4 is 29.3 Å². The normalized spacial score (nSPS) is 23.3. The predicted octanol–water partition coefficient (Wildman–Crippen LogP) is 3.39. The minimum Gasteiger partial charge on any atom is -0.368 e. The molecule has 4 N–H and O–H groups in total.